The van der Waals surface area contributed by atoms with Crippen LogP contribution in [0.25, 0.3) is 0 Å². The van der Waals surface area contributed by atoms with Crippen molar-refractivity contribution in [3.05, 3.63) is 99.9 Å². The molecule has 1 fully saturated rings. The van der Waals surface area contributed by atoms with Crippen LogP contribution >= 0.6 is 0 Å². The first-order valence-electron chi connectivity index (χ1n) is 12.8. The summed E-state index contributed by atoms with van der Waals surface area (Å²) >= 11 is 0. The van der Waals surface area contributed by atoms with Gasteiger partial charge in [0, 0.05) is 55.2 Å². The number of carbonyl (C=O) groups is 1. The Hall–Kier alpha value is -3.31. The molecule has 0 radical (unpaired) electrons. The number of amides is 1. The lowest BCUT2D eigenvalue weighted by atomic mass is 9.89. The molecule has 4 heterocycles. The first-order chi connectivity index (χ1) is 17.1. The summed E-state index contributed by atoms with van der Waals surface area (Å²) in [5, 5.41) is 0. The van der Waals surface area contributed by atoms with E-state index >= 15 is 0 Å². The number of aromatic nitrogens is 1. The Morgan fingerprint density at radius 2 is 1.80 bits per heavy atom. The molecule has 0 bridgehead atoms. The molecule has 3 aliphatic heterocycles. The molecule has 3 aliphatic rings. The van der Waals surface area contributed by atoms with Crippen LogP contribution in [-0.2, 0) is 30.7 Å². The van der Waals surface area contributed by atoms with Crippen molar-refractivity contribution in [2.75, 3.05) is 19.6 Å². The summed E-state index contributed by atoms with van der Waals surface area (Å²) in [6.45, 7) is 6.66. The quantitative estimate of drug-likeness (QED) is 0.565. The van der Waals surface area contributed by atoms with E-state index in [-0.39, 0.29) is 5.91 Å². The smallest absolute Gasteiger partial charge is 0.227 e. The van der Waals surface area contributed by atoms with Crippen LogP contribution in [-0.4, -0.2) is 52.1 Å². The molecular weight excluding hydrogens is 432 g/mol. The van der Waals surface area contributed by atoms with Gasteiger partial charge in [-0.1, -0.05) is 36.4 Å². The first kappa shape index (κ1) is 22.2. The molecule has 1 aromatic heterocycles. The molecule has 35 heavy (non-hydrogen) atoms. The minimum absolute atomic E-state index is 0.282. The predicted octanol–water partition coefficient (Wildman–Crippen LogP) is 4.33. The lowest BCUT2D eigenvalue weighted by Crippen LogP contribution is -2.49. The molecule has 6 rings (SSSR count). The summed E-state index contributed by atoms with van der Waals surface area (Å²) in [7, 11) is 0. The van der Waals surface area contributed by atoms with Gasteiger partial charge in [-0.2, -0.15) is 0 Å². The van der Waals surface area contributed by atoms with Crippen molar-refractivity contribution in [2.24, 2.45) is 4.99 Å². The molecule has 1 amide bonds. The van der Waals surface area contributed by atoms with E-state index in [1.165, 1.54) is 27.8 Å². The Labute approximate surface area is 207 Å². The van der Waals surface area contributed by atoms with E-state index in [2.05, 4.69) is 63.3 Å². The van der Waals surface area contributed by atoms with E-state index in [0.29, 0.717) is 19.0 Å². The lowest BCUT2D eigenvalue weighted by Gasteiger charge is -2.41. The van der Waals surface area contributed by atoms with Gasteiger partial charge in [0.1, 0.15) is 0 Å². The Kier molecular flexibility index (Phi) is 5.95. The van der Waals surface area contributed by atoms with Crippen LogP contribution in [0.15, 0.2) is 65.8 Å². The van der Waals surface area contributed by atoms with E-state index in [4.69, 9.17) is 4.99 Å². The van der Waals surface area contributed by atoms with Crippen LogP contribution in [0.3, 0.4) is 0 Å². The highest BCUT2D eigenvalue weighted by Crippen LogP contribution is 2.32. The molecule has 5 nitrogen and oxygen atoms in total. The number of pyridine rings is 1. The van der Waals surface area contributed by atoms with Crippen molar-refractivity contribution in [3.8, 4) is 0 Å². The SMILES string of the molecule is Cc1cc(C2=NCc3cc4c(cc32)CN(C2CCN(CCc3ccccc3)CC2)C(=O)C4)ccn1. The van der Waals surface area contributed by atoms with Crippen molar-refractivity contribution in [3.63, 3.8) is 0 Å². The molecule has 5 heteroatoms. The first-order valence-corrected chi connectivity index (χ1v) is 12.8. The standard InChI is InChI=1S/C30H32N4O/c1-21-15-23(7-11-31-21)30-28-17-26-20-34(29(35)18-24(26)16-25(28)19-32-30)27-9-13-33(14-10-27)12-8-22-5-3-2-4-6-22/h2-7,11,15-17,27H,8-10,12-14,18-20H2,1H3. The van der Waals surface area contributed by atoms with Crippen LogP contribution in [0.4, 0.5) is 0 Å². The van der Waals surface area contributed by atoms with Crippen LogP contribution in [0.1, 0.15) is 51.9 Å². The molecule has 0 N–H and O–H groups in total. The fourth-order valence-electron chi connectivity index (χ4n) is 5.85. The Morgan fingerprint density at radius 3 is 2.60 bits per heavy atom. The van der Waals surface area contributed by atoms with E-state index in [0.717, 1.165) is 62.4 Å². The average molecular weight is 465 g/mol. The number of fused-ring (bicyclic) bond motifs is 2. The van der Waals surface area contributed by atoms with Gasteiger partial charge in [0.15, 0.2) is 0 Å². The van der Waals surface area contributed by atoms with Gasteiger partial charge in [0.05, 0.1) is 18.7 Å². The molecular formula is C30H32N4O. The second-order valence-electron chi connectivity index (χ2n) is 10.1. The minimum atomic E-state index is 0.282. The maximum atomic E-state index is 13.1. The molecule has 1 saturated heterocycles. The highest BCUT2D eigenvalue weighted by Gasteiger charge is 2.33. The number of aliphatic imine (C=N–C) groups is 1. The van der Waals surface area contributed by atoms with Crippen LogP contribution in [0, 0.1) is 6.92 Å². The predicted molar refractivity (Wildman–Crippen MR) is 139 cm³/mol. The van der Waals surface area contributed by atoms with E-state index in [1.807, 2.05) is 19.2 Å². The van der Waals surface area contributed by atoms with Gasteiger partial charge in [0.25, 0.3) is 0 Å². The van der Waals surface area contributed by atoms with Gasteiger partial charge < -0.3 is 9.80 Å². The Bertz CT molecular complexity index is 1270. The van der Waals surface area contributed by atoms with Crippen molar-refractivity contribution in [1.82, 2.24) is 14.8 Å². The number of hydrogen-bond donors (Lipinski definition) is 0. The molecule has 178 valence electrons. The monoisotopic (exact) mass is 464 g/mol. The molecule has 2 aromatic carbocycles. The van der Waals surface area contributed by atoms with Gasteiger partial charge in [-0.3, -0.25) is 14.8 Å². The van der Waals surface area contributed by atoms with E-state index < -0.39 is 0 Å². The number of hydrogen-bond acceptors (Lipinski definition) is 4. The van der Waals surface area contributed by atoms with Gasteiger partial charge in [-0.15, -0.1) is 0 Å². The zero-order chi connectivity index (χ0) is 23.8. The van der Waals surface area contributed by atoms with Gasteiger partial charge >= 0.3 is 0 Å². The third kappa shape index (κ3) is 4.53. The number of aryl methyl sites for hydroxylation is 1. The molecule has 0 saturated carbocycles. The Morgan fingerprint density at radius 1 is 0.971 bits per heavy atom. The van der Waals surface area contributed by atoms with Crippen molar-refractivity contribution >= 4 is 11.6 Å². The maximum Gasteiger partial charge on any atom is 0.227 e. The molecule has 0 spiro atoms. The Balaban J connectivity index is 1.13. The van der Waals surface area contributed by atoms with Crippen LogP contribution in [0.5, 0.6) is 0 Å². The number of benzene rings is 2. The molecule has 0 aliphatic carbocycles. The highest BCUT2D eigenvalue weighted by molar-refractivity contribution is 6.15. The summed E-state index contributed by atoms with van der Waals surface area (Å²) < 4.78 is 0. The fraction of sp³-hybridized carbons (Fsp3) is 0.367. The normalized spacial score (nSPS) is 18.4. The summed E-state index contributed by atoms with van der Waals surface area (Å²) in [4.78, 5) is 27.0. The number of nitrogens with zero attached hydrogens (tertiary/aromatic N) is 4. The van der Waals surface area contributed by atoms with Gasteiger partial charge in [-0.05, 0) is 66.6 Å². The lowest BCUT2D eigenvalue weighted by molar-refractivity contribution is -0.135. The molecule has 0 atom stereocenters. The second kappa shape index (κ2) is 9.38. The molecule has 0 unspecified atom stereocenters. The maximum absolute atomic E-state index is 13.1. The minimum Gasteiger partial charge on any atom is -0.335 e. The largest absolute Gasteiger partial charge is 0.335 e. The zero-order valence-electron chi connectivity index (χ0n) is 20.4. The van der Waals surface area contributed by atoms with Crippen molar-refractivity contribution in [1.29, 1.82) is 0 Å². The third-order valence-electron chi connectivity index (χ3n) is 7.82. The summed E-state index contributed by atoms with van der Waals surface area (Å²) in [5.41, 5.74) is 9.52. The second-order valence-corrected chi connectivity index (χ2v) is 10.1. The van der Waals surface area contributed by atoms with E-state index in [1.54, 1.807) is 0 Å². The number of piperidine rings is 1. The summed E-state index contributed by atoms with van der Waals surface area (Å²) in [6.07, 6.45) is 5.58. The van der Waals surface area contributed by atoms with Crippen molar-refractivity contribution in [2.45, 2.75) is 51.7 Å². The topological polar surface area (TPSA) is 48.8 Å². The van der Waals surface area contributed by atoms with Crippen LogP contribution < -0.4 is 0 Å². The fourth-order valence-corrected chi connectivity index (χ4v) is 5.85. The zero-order valence-corrected chi connectivity index (χ0v) is 20.4. The number of carbonyl (C=O) groups excluding carboxylic acids is 1. The molecule has 3 aromatic rings. The van der Waals surface area contributed by atoms with Crippen LogP contribution in [0.2, 0.25) is 0 Å². The summed E-state index contributed by atoms with van der Waals surface area (Å²) in [6, 6.07) is 19.7. The number of rotatable bonds is 5. The van der Waals surface area contributed by atoms with Gasteiger partial charge in [-0.25, -0.2) is 0 Å². The van der Waals surface area contributed by atoms with Gasteiger partial charge in [0.2, 0.25) is 5.91 Å². The third-order valence-corrected chi connectivity index (χ3v) is 7.82. The van der Waals surface area contributed by atoms with E-state index in [9.17, 15) is 4.79 Å². The number of likely N-dealkylation sites (tertiary alicyclic amines) is 1. The summed E-state index contributed by atoms with van der Waals surface area (Å²) in [5.74, 6) is 0.282. The average Bonchev–Trinajstić information content (AvgIpc) is 3.29. The highest BCUT2D eigenvalue weighted by atomic mass is 16.2. The van der Waals surface area contributed by atoms with Crippen molar-refractivity contribution < 1.29 is 4.79 Å².